The van der Waals surface area contributed by atoms with E-state index in [2.05, 4.69) is 10.6 Å². The van der Waals surface area contributed by atoms with Gasteiger partial charge in [-0.05, 0) is 29.9 Å². The highest BCUT2D eigenvalue weighted by molar-refractivity contribution is 7.89. The van der Waals surface area contributed by atoms with Crippen LogP contribution in [0.1, 0.15) is 25.3 Å². The topological polar surface area (TPSA) is 95.6 Å². The molecule has 3 aromatic carbocycles. The molecule has 1 unspecified atom stereocenters. The summed E-state index contributed by atoms with van der Waals surface area (Å²) in [6, 6.07) is 21.4. The molecule has 34 heavy (non-hydrogen) atoms. The van der Waals surface area contributed by atoms with E-state index in [9.17, 15) is 18.0 Å². The SMILES string of the molecule is CC(=O)NC(Cc1ccccc1)C(=O)NC1CCN(S(=O)(=O)c2cccc3ccccc23)CC1. The van der Waals surface area contributed by atoms with Crippen molar-refractivity contribution in [3.8, 4) is 0 Å². The molecule has 1 heterocycles. The van der Waals surface area contributed by atoms with Gasteiger partial charge >= 0.3 is 0 Å². The first-order valence-electron chi connectivity index (χ1n) is 11.4. The normalized spacial score (nSPS) is 16.1. The lowest BCUT2D eigenvalue weighted by molar-refractivity contribution is -0.128. The van der Waals surface area contributed by atoms with E-state index in [1.165, 1.54) is 11.2 Å². The average Bonchev–Trinajstić information content (AvgIpc) is 2.84. The number of carbonyl (C=O) groups is 2. The predicted molar refractivity (Wildman–Crippen MR) is 132 cm³/mol. The van der Waals surface area contributed by atoms with E-state index in [1.807, 2.05) is 60.7 Å². The molecule has 1 saturated heterocycles. The summed E-state index contributed by atoms with van der Waals surface area (Å²) in [6.45, 7) is 2.03. The van der Waals surface area contributed by atoms with Crippen molar-refractivity contribution in [1.82, 2.24) is 14.9 Å². The fourth-order valence-corrected chi connectivity index (χ4v) is 6.09. The Hall–Kier alpha value is -3.23. The summed E-state index contributed by atoms with van der Waals surface area (Å²) in [5.74, 6) is -0.526. The minimum atomic E-state index is -3.65. The molecule has 4 rings (SSSR count). The van der Waals surface area contributed by atoms with Crippen LogP contribution in [0.4, 0.5) is 0 Å². The van der Waals surface area contributed by atoms with Crippen LogP contribution in [0.5, 0.6) is 0 Å². The minimum absolute atomic E-state index is 0.154. The molecular weight excluding hydrogens is 450 g/mol. The van der Waals surface area contributed by atoms with Gasteiger partial charge in [0.15, 0.2) is 0 Å². The number of piperidine rings is 1. The highest BCUT2D eigenvalue weighted by Gasteiger charge is 2.32. The second kappa shape index (κ2) is 10.4. The Morgan fingerprint density at radius 2 is 1.59 bits per heavy atom. The van der Waals surface area contributed by atoms with Crippen LogP contribution in [-0.2, 0) is 26.0 Å². The first-order valence-corrected chi connectivity index (χ1v) is 12.9. The second-order valence-electron chi connectivity index (χ2n) is 8.61. The van der Waals surface area contributed by atoms with Crippen molar-refractivity contribution in [3.05, 3.63) is 78.4 Å². The molecule has 0 aliphatic carbocycles. The van der Waals surface area contributed by atoms with Gasteiger partial charge in [-0.2, -0.15) is 4.31 Å². The lowest BCUT2D eigenvalue weighted by atomic mass is 10.0. The Balaban J connectivity index is 1.40. The van der Waals surface area contributed by atoms with Gasteiger partial charge in [-0.1, -0.05) is 66.7 Å². The molecule has 1 aliphatic rings. The Kier molecular flexibility index (Phi) is 7.29. The summed E-state index contributed by atoms with van der Waals surface area (Å²) >= 11 is 0. The number of hydrogen-bond donors (Lipinski definition) is 2. The Labute approximate surface area is 200 Å². The number of fused-ring (bicyclic) bond motifs is 1. The number of nitrogens with zero attached hydrogens (tertiary/aromatic N) is 1. The lowest BCUT2D eigenvalue weighted by Gasteiger charge is -2.32. The molecule has 3 aromatic rings. The standard InChI is InChI=1S/C26H29N3O4S/c1-19(30)27-24(18-20-8-3-2-4-9-20)26(31)28-22-14-16-29(17-15-22)34(32,33)25-13-7-11-21-10-5-6-12-23(21)25/h2-13,22,24H,14-18H2,1H3,(H,27,30)(H,28,31). The molecule has 1 fully saturated rings. The fraction of sp³-hybridized carbons (Fsp3) is 0.308. The summed E-state index contributed by atoms with van der Waals surface area (Å²) in [7, 11) is -3.65. The van der Waals surface area contributed by atoms with Crippen molar-refractivity contribution in [2.24, 2.45) is 0 Å². The van der Waals surface area contributed by atoms with Gasteiger partial charge < -0.3 is 10.6 Å². The van der Waals surface area contributed by atoms with Crippen molar-refractivity contribution in [1.29, 1.82) is 0 Å². The molecule has 8 heteroatoms. The molecule has 178 valence electrons. The van der Waals surface area contributed by atoms with Crippen LogP contribution >= 0.6 is 0 Å². The molecule has 0 saturated carbocycles. The third-order valence-corrected chi connectivity index (χ3v) is 8.10. The van der Waals surface area contributed by atoms with Crippen molar-refractivity contribution in [3.63, 3.8) is 0 Å². The van der Waals surface area contributed by atoms with Crippen LogP contribution in [0, 0.1) is 0 Å². The summed E-state index contributed by atoms with van der Waals surface area (Å²) in [6.07, 6.45) is 1.41. The fourth-order valence-electron chi connectivity index (χ4n) is 4.41. The zero-order chi connectivity index (χ0) is 24.1. The van der Waals surface area contributed by atoms with E-state index < -0.39 is 16.1 Å². The molecule has 2 N–H and O–H groups in total. The Morgan fingerprint density at radius 1 is 0.941 bits per heavy atom. The molecule has 1 atom stereocenters. The first kappa shape index (κ1) is 23.9. The summed E-state index contributed by atoms with van der Waals surface area (Å²) in [5, 5.41) is 7.33. The molecule has 1 aliphatic heterocycles. The second-order valence-corrected chi connectivity index (χ2v) is 10.5. The van der Waals surface area contributed by atoms with Gasteiger partial charge in [-0.15, -0.1) is 0 Å². The zero-order valence-corrected chi connectivity index (χ0v) is 19.9. The summed E-state index contributed by atoms with van der Waals surface area (Å²) in [4.78, 5) is 24.9. The van der Waals surface area contributed by atoms with E-state index in [-0.39, 0.29) is 17.9 Å². The number of nitrogens with one attached hydrogen (secondary N) is 2. The van der Waals surface area contributed by atoms with Gasteiger partial charge in [-0.25, -0.2) is 8.42 Å². The van der Waals surface area contributed by atoms with Crippen LogP contribution in [0.2, 0.25) is 0 Å². The van der Waals surface area contributed by atoms with Crippen molar-refractivity contribution in [2.75, 3.05) is 13.1 Å². The zero-order valence-electron chi connectivity index (χ0n) is 19.1. The third-order valence-electron chi connectivity index (χ3n) is 6.14. The average molecular weight is 480 g/mol. The van der Waals surface area contributed by atoms with Crippen molar-refractivity contribution in [2.45, 2.75) is 43.2 Å². The van der Waals surface area contributed by atoms with Gasteiger partial charge in [0.2, 0.25) is 21.8 Å². The maximum absolute atomic E-state index is 13.4. The Bertz CT molecular complexity index is 1260. The maximum atomic E-state index is 13.4. The molecule has 2 amide bonds. The van der Waals surface area contributed by atoms with Gasteiger partial charge in [0.25, 0.3) is 0 Å². The molecule has 0 aromatic heterocycles. The van der Waals surface area contributed by atoms with Gasteiger partial charge in [-0.3, -0.25) is 9.59 Å². The largest absolute Gasteiger partial charge is 0.351 e. The number of sulfonamides is 1. The predicted octanol–water partition coefficient (Wildman–Crippen LogP) is 2.86. The smallest absolute Gasteiger partial charge is 0.243 e. The highest BCUT2D eigenvalue weighted by atomic mass is 32.2. The van der Waals surface area contributed by atoms with Crippen molar-refractivity contribution >= 4 is 32.6 Å². The maximum Gasteiger partial charge on any atom is 0.243 e. The lowest BCUT2D eigenvalue weighted by Crippen LogP contribution is -2.53. The number of hydrogen-bond acceptors (Lipinski definition) is 4. The number of carbonyl (C=O) groups excluding carboxylic acids is 2. The number of amides is 2. The van der Waals surface area contributed by atoms with E-state index in [4.69, 9.17) is 0 Å². The third kappa shape index (κ3) is 5.46. The quantitative estimate of drug-likeness (QED) is 0.545. The molecule has 0 spiro atoms. The van der Waals surface area contributed by atoms with Crippen molar-refractivity contribution < 1.29 is 18.0 Å². The van der Waals surface area contributed by atoms with Crippen LogP contribution in [0.15, 0.2) is 77.7 Å². The highest BCUT2D eigenvalue weighted by Crippen LogP contribution is 2.27. The Morgan fingerprint density at radius 3 is 2.29 bits per heavy atom. The minimum Gasteiger partial charge on any atom is -0.351 e. The van der Waals surface area contributed by atoms with Gasteiger partial charge in [0, 0.05) is 37.9 Å². The monoisotopic (exact) mass is 479 g/mol. The molecule has 0 bridgehead atoms. The first-order chi connectivity index (χ1) is 16.3. The van der Waals surface area contributed by atoms with Crippen LogP contribution in [0.25, 0.3) is 10.8 Å². The van der Waals surface area contributed by atoms with Gasteiger partial charge in [0.05, 0.1) is 4.90 Å². The summed E-state index contributed by atoms with van der Waals surface area (Å²) in [5.41, 5.74) is 0.951. The van der Waals surface area contributed by atoms with Crippen LogP contribution in [-0.4, -0.2) is 49.7 Å². The van der Waals surface area contributed by atoms with E-state index in [0.717, 1.165) is 10.9 Å². The number of rotatable bonds is 7. The van der Waals surface area contributed by atoms with Crippen LogP contribution < -0.4 is 10.6 Å². The van der Waals surface area contributed by atoms with E-state index in [0.29, 0.717) is 42.6 Å². The molecule has 0 radical (unpaired) electrons. The van der Waals surface area contributed by atoms with Crippen LogP contribution in [0.3, 0.4) is 0 Å². The molecule has 7 nitrogen and oxygen atoms in total. The van der Waals surface area contributed by atoms with Gasteiger partial charge in [0.1, 0.15) is 6.04 Å². The molecular formula is C26H29N3O4S. The van der Waals surface area contributed by atoms with E-state index >= 15 is 0 Å². The summed E-state index contributed by atoms with van der Waals surface area (Å²) < 4.78 is 28.2. The number of benzene rings is 3. The van der Waals surface area contributed by atoms with E-state index in [1.54, 1.807) is 12.1 Å².